The highest BCUT2D eigenvalue weighted by Crippen LogP contribution is 2.31. The van der Waals surface area contributed by atoms with Crippen molar-refractivity contribution in [1.29, 1.82) is 0 Å². The van der Waals surface area contributed by atoms with Crippen molar-refractivity contribution in [3.8, 4) is 17.0 Å². The Bertz CT molecular complexity index is 1440. The Hall–Kier alpha value is -3.87. The summed E-state index contributed by atoms with van der Waals surface area (Å²) in [6.07, 6.45) is 3.61. The first kappa shape index (κ1) is 20.1. The van der Waals surface area contributed by atoms with Gasteiger partial charge in [-0.1, -0.05) is 6.07 Å². The number of anilines is 1. The Kier molecular flexibility index (Phi) is 5.01. The molecule has 6 nitrogen and oxygen atoms in total. The van der Waals surface area contributed by atoms with Crippen LogP contribution in [0.4, 0.5) is 10.2 Å². The molecule has 0 bridgehead atoms. The molecule has 0 aliphatic heterocycles. The van der Waals surface area contributed by atoms with E-state index < -0.39 is 0 Å². The number of aromatic nitrogens is 4. The SMILES string of the molecule is COc1ccc(F)c2c1cc(C)n2CCNc1cc(-c2ccc3c(ccn3C)c2)ncn1. The minimum Gasteiger partial charge on any atom is -0.496 e. The fourth-order valence-corrected chi connectivity index (χ4v) is 4.25. The summed E-state index contributed by atoms with van der Waals surface area (Å²) in [4.78, 5) is 8.79. The summed E-state index contributed by atoms with van der Waals surface area (Å²) < 4.78 is 24.0. The molecule has 0 aliphatic rings. The van der Waals surface area contributed by atoms with Crippen molar-refractivity contribution < 1.29 is 9.13 Å². The molecule has 5 rings (SSSR count). The first-order valence-corrected chi connectivity index (χ1v) is 10.5. The number of halogens is 1. The van der Waals surface area contributed by atoms with Crippen LogP contribution in [0.15, 0.2) is 61.1 Å². The lowest BCUT2D eigenvalue weighted by molar-refractivity contribution is 0.419. The molecule has 3 aromatic heterocycles. The zero-order valence-electron chi connectivity index (χ0n) is 18.3. The second-order valence-electron chi connectivity index (χ2n) is 7.86. The second-order valence-corrected chi connectivity index (χ2v) is 7.86. The molecular weight excluding hydrogens is 405 g/mol. The lowest BCUT2D eigenvalue weighted by Crippen LogP contribution is -2.13. The Labute approximate surface area is 185 Å². The van der Waals surface area contributed by atoms with E-state index in [1.807, 2.05) is 36.9 Å². The van der Waals surface area contributed by atoms with Crippen LogP contribution in [0.25, 0.3) is 33.1 Å². The third kappa shape index (κ3) is 3.45. The van der Waals surface area contributed by atoms with Crippen LogP contribution in [0.1, 0.15) is 5.69 Å². The van der Waals surface area contributed by atoms with E-state index in [0.717, 1.165) is 28.2 Å². The fraction of sp³-hybridized carbons (Fsp3) is 0.200. The molecule has 3 heterocycles. The predicted molar refractivity (Wildman–Crippen MR) is 126 cm³/mol. The van der Waals surface area contributed by atoms with E-state index in [1.165, 1.54) is 17.0 Å². The maximum absolute atomic E-state index is 14.6. The molecule has 2 aromatic carbocycles. The van der Waals surface area contributed by atoms with Gasteiger partial charge in [0.15, 0.2) is 0 Å². The lowest BCUT2D eigenvalue weighted by atomic mass is 10.1. The van der Waals surface area contributed by atoms with Gasteiger partial charge in [0.05, 0.1) is 18.3 Å². The maximum Gasteiger partial charge on any atom is 0.147 e. The highest BCUT2D eigenvalue weighted by Gasteiger charge is 2.14. The number of rotatable bonds is 6. The van der Waals surface area contributed by atoms with E-state index in [1.54, 1.807) is 19.5 Å². The van der Waals surface area contributed by atoms with Gasteiger partial charge < -0.3 is 19.2 Å². The van der Waals surface area contributed by atoms with Crippen LogP contribution >= 0.6 is 0 Å². The molecule has 5 aromatic rings. The number of aryl methyl sites for hydroxylation is 2. The average Bonchev–Trinajstić information content (AvgIpc) is 3.34. The van der Waals surface area contributed by atoms with Crippen LogP contribution in [0.3, 0.4) is 0 Å². The molecule has 7 heteroatoms. The smallest absolute Gasteiger partial charge is 0.147 e. The fourth-order valence-electron chi connectivity index (χ4n) is 4.25. The van der Waals surface area contributed by atoms with Gasteiger partial charge in [0.2, 0.25) is 0 Å². The van der Waals surface area contributed by atoms with Crippen molar-refractivity contribution in [3.63, 3.8) is 0 Å². The number of nitrogens with one attached hydrogen (secondary N) is 1. The van der Waals surface area contributed by atoms with E-state index >= 15 is 0 Å². The van der Waals surface area contributed by atoms with Gasteiger partial charge in [-0.25, -0.2) is 14.4 Å². The quantitative estimate of drug-likeness (QED) is 0.405. The molecule has 1 N–H and O–H groups in total. The number of hydrogen-bond donors (Lipinski definition) is 1. The molecule has 0 unspecified atom stereocenters. The summed E-state index contributed by atoms with van der Waals surface area (Å²) >= 11 is 0. The lowest BCUT2D eigenvalue weighted by Gasteiger charge is -2.12. The minimum atomic E-state index is -0.255. The Morgan fingerprint density at radius 1 is 1.06 bits per heavy atom. The normalized spacial score (nSPS) is 11.4. The van der Waals surface area contributed by atoms with Gasteiger partial charge in [0.1, 0.15) is 23.7 Å². The molecule has 0 atom stereocenters. The summed E-state index contributed by atoms with van der Waals surface area (Å²) in [5.74, 6) is 1.15. The molecule has 32 heavy (non-hydrogen) atoms. The number of fused-ring (bicyclic) bond motifs is 2. The first-order chi connectivity index (χ1) is 15.5. The molecule has 0 amide bonds. The van der Waals surface area contributed by atoms with Gasteiger partial charge in [-0.2, -0.15) is 0 Å². The number of ether oxygens (including phenoxy) is 1. The van der Waals surface area contributed by atoms with Crippen molar-refractivity contribution in [2.75, 3.05) is 19.0 Å². The molecule has 0 aliphatic carbocycles. The Morgan fingerprint density at radius 2 is 1.94 bits per heavy atom. The average molecular weight is 429 g/mol. The van der Waals surface area contributed by atoms with Gasteiger partial charge in [0, 0.05) is 59.9 Å². The number of methoxy groups -OCH3 is 1. The molecule has 162 valence electrons. The maximum atomic E-state index is 14.6. The van der Waals surface area contributed by atoms with Crippen molar-refractivity contribution >= 4 is 27.6 Å². The summed E-state index contributed by atoms with van der Waals surface area (Å²) in [5, 5.41) is 5.30. The van der Waals surface area contributed by atoms with Crippen LogP contribution in [-0.2, 0) is 13.6 Å². The van der Waals surface area contributed by atoms with E-state index in [-0.39, 0.29) is 5.82 Å². The van der Waals surface area contributed by atoms with Crippen LogP contribution < -0.4 is 10.1 Å². The van der Waals surface area contributed by atoms with E-state index in [9.17, 15) is 4.39 Å². The molecule has 0 radical (unpaired) electrons. The number of benzene rings is 2. The highest BCUT2D eigenvalue weighted by atomic mass is 19.1. The van der Waals surface area contributed by atoms with Crippen LogP contribution in [0.5, 0.6) is 5.75 Å². The topological polar surface area (TPSA) is 56.9 Å². The van der Waals surface area contributed by atoms with Crippen molar-refractivity contribution in [2.45, 2.75) is 13.5 Å². The third-order valence-electron chi connectivity index (χ3n) is 5.89. The van der Waals surface area contributed by atoms with Gasteiger partial charge in [0.25, 0.3) is 0 Å². The zero-order chi connectivity index (χ0) is 22.2. The van der Waals surface area contributed by atoms with Crippen molar-refractivity contribution in [3.05, 3.63) is 72.6 Å². The Balaban J connectivity index is 1.35. The highest BCUT2D eigenvalue weighted by molar-refractivity contribution is 5.88. The summed E-state index contributed by atoms with van der Waals surface area (Å²) in [7, 11) is 3.63. The largest absolute Gasteiger partial charge is 0.496 e. The zero-order valence-corrected chi connectivity index (χ0v) is 18.3. The van der Waals surface area contributed by atoms with E-state index in [4.69, 9.17) is 4.74 Å². The molecule has 0 saturated heterocycles. The predicted octanol–water partition coefficient (Wildman–Crippen LogP) is 5.16. The standard InChI is InChI=1S/C25H24FN5O/c1-16-12-19-23(32-3)7-5-20(26)25(19)31(16)11-9-27-24-14-21(28-15-29-24)17-4-6-22-18(13-17)8-10-30(22)2/h4-8,10,12-15H,9,11H2,1-3H3,(H,27,28,29). The Morgan fingerprint density at radius 3 is 2.78 bits per heavy atom. The molecule has 0 saturated carbocycles. The number of hydrogen-bond acceptors (Lipinski definition) is 4. The van der Waals surface area contributed by atoms with Crippen LogP contribution in [0, 0.1) is 12.7 Å². The third-order valence-corrected chi connectivity index (χ3v) is 5.89. The minimum absolute atomic E-state index is 0.255. The van der Waals surface area contributed by atoms with E-state index in [0.29, 0.717) is 24.4 Å². The molecule has 0 fully saturated rings. The second kappa shape index (κ2) is 8.00. The summed E-state index contributed by atoms with van der Waals surface area (Å²) in [6, 6.07) is 15.4. The first-order valence-electron chi connectivity index (χ1n) is 10.5. The number of nitrogens with zero attached hydrogens (tertiary/aromatic N) is 4. The van der Waals surface area contributed by atoms with E-state index in [2.05, 4.69) is 44.1 Å². The monoisotopic (exact) mass is 429 g/mol. The van der Waals surface area contributed by atoms with Gasteiger partial charge >= 0.3 is 0 Å². The van der Waals surface area contributed by atoms with Gasteiger partial charge in [-0.15, -0.1) is 0 Å². The van der Waals surface area contributed by atoms with Gasteiger partial charge in [-0.05, 0) is 43.3 Å². The summed E-state index contributed by atoms with van der Waals surface area (Å²) in [5.41, 5.74) is 4.61. The van der Waals surface area contributed by atoms with Crippen molar-refractivity contribution in [2.24, 2.45) is 7.05 Å². The van der Waals surface area contributed by atoms with Crippen molar-refractivity contribution in [1.82, 2.24) is 19.1 Å². The van der Waals surface area contributed by atoms with Gasteiger partial charge in [-0.3, -0.25) is 0 Å². The van der Waals surface area contributed by atoms with Crippen LogP contribution in [-0.4, -0.2) is 32.8 Å². The molecular formula is C25H24FN5O. The molecule has 0 spiro atoms. The summed E-state index contributed by atoms with van der Waals surface area (Å²) in [6.45, 7) is 3.16. The van der Waals surface area contributed by atoms with Crippen LogP contribution in [0.2, 0.25) is 0 Å².